The van der Waals surface area contributed by atoms with Gasteiger partial charge in [0.2, 0.25) is 5.90 Å². The highest BCUT2D eigenvalue weighted by Gasteiger charge is 2.24. The molecule has 0 saturated carbocycles. The minimum absolute atomic E-state index is 0.272. The summed E-state index contributed by atoms with van der Waals surface area (Å²) in [5.74, 6) is 1.39. The number of cyclic esters (lactones) is 1. The molecule has 1 heterocycles. The van der Waals surface area contributed by atoms with Gasteiger partial charge in [-0.25, -0.2) is 9.79 Å². The summed E-state index contributed by atoms with van der Waals surface area (Å²) in [5.41, 5.74) is 1.86. The molecule has 0 aliphatic carbocycles. The molecule has 0 aromatic heterocycles. The van der Waals surface area contributed by atoms with Gasteiger partial charge in [0.25, 0.3) is 0 Å². The fourth-order valence-corrected chi connectivity index (χ4v) is 2.42. The Morgan fingerprint density at radius 3 is 2.38 bits per heavy atom. The summed E-state index contributed by atoms with van der Waals surface area (Å²) in [4.78, 5) is 16.4. The summed E-state index contributed by atoms with van der Waals surface area (Å²) >= 11 is 0. The van der Waals surface area contributed by atoms with Gasteiger partial charge in [-0.1, -0.05) is 25.5 Å². The third-order valence-corrected chi connectivity index (χ3v) is 3.91. The first-order chi connectivity index (χ1) is 12.7. The van der Waals surface area contributed by atoms with Gasteiger partial charge in [0.1, 0.15) is 11.5 Å². The second-order valence-corrected chi connectivity index (χ2v) is 5.84. The Morgan fingerprint density at radius 2 is 1.73 bits per heavy atom. The number of aliphatic imine (C=N–C) groups is 1. The quantitative estimate of drug-likeness (QED) is 0.426. The molecule has 0 spiro atoms. The molecule has 1 aliphatic rings. The van der Waals surface area contributed by atoms with Crippen molar-refractivity contribution in [2.45, 2.75) is 19.8 Å². The number of methoxy groups -OCH3 is 1. The van der Waals surface area contributed by atoms with Crippen LogP contribution < -0.4 is 9.47 Å². The highest BCUT2D eigenvalue weighted by molar-refractivity contribution is 6.12. The van der Waals surface area contributed by atoms with E-state index in [9.17, 15) is 4.79 Å². The summed E-state index contributed by atoms with van der Waals surface area (Å²) in [6, 6.07) is 14.7. The third kappa shape index (κ3) is 4.30. The van der Waals surface area contributed by atoms with Crippen LogP contribution in [0.4, 0.5) is 0 Å². The van der Waals surface area contributed by atoms with Gasteiger partial charge in [-0.3, -0.25) is 0 Å². The molecular formula is C21H21NO4. The molecule has 26 heavy (non-hydrogen) atoms. The van der Waals surface area contributed by atoms with Crippen molar-refractivity contribution in [3.63, 3.8) is 0 Å². The fourth-order valence-electron chi connectivity index (χ4n) is 2.42. The lowest BCUT2D eigenvalue weighted by Crippen LogP contribution is -2.05. The van der Waals surface area contributed by atoms with Crippen LogP contribution in [0.3, 0.4) is 0 Å². The molecule has 134 valence electrons. The smallest absolute Gasteiger partial charge is 0.363 e. The number of esters is 1. The summed E-state index contributed by atoms with van der Waals surface area (Å²) < 4.78 is 16.1. The van der Waals surface area contributed by atoms with Crippen molar-refractivity contribution in [2.75, 3.05) is 13.7 Å². The van der Waals surface area contributed by atoms with E-state index >= 15 is 0 Å². The summed E-state index contributed by atoms with van der Waals surface area (Å²) in [7, 11) is 1.61. The number of hydrogen-bond acceptors (Lipinski definition) is 5. The predicted octanol–water partition coefficient (Wildman–Crippen LogP) is 4.22. The zero-order valence-corrected chi connectivity index (χ0v) is 14.9. The maximum atomic E-state index is 12.1. The zero-order chi connectivity index (χ0) is 18.4. The fraction of sp³-hybridized carbons (Fsp3) is 0.238. The van der Waals surface area contributed by atoms with Crippen LogP contribution in [-0.2, 0) is 9.53 Å². The van der Waals surface area contributed by atoms with Crippen molar-refractivity contribution >= 4 is 17.9 Å². The standard InChI is InChI=1S/C21H21NO4/c1-3-4-13-25-18-11-7-16(8-12-18)20-22-19(21(23)26-20)14-15-5-9-17(24-2)10-6-15/h5-12,14H,3-4,13H2,1-2H3/b19-14+. The lowest BCUT2D eigenvalue weighted by Gasteiger charge is -2.05. The van der Waals surface area contributed by atoms with Crippen molar-refractivity contribution in [1.29, 1.82) is 0 Å². The normalized spacial score (nSPS) is 14.9. The number of ether oxygens (including phenoxy) is 3. The first-order valence-corrected chi connectivity index (χ1v) is 8.59. The molecule has 3 rings (SSSR count). The van der Waals surface area contributed by atoms with Gasteiger partial charge in [-0.2, -0.15) is 0 Å². The van der Waals surface area contributed by atoms with Gasteiger partial charge in [-0.15, -0.1) is 0 Å². The summed E-state index contributed by atoms with van der Waals surface area (Å²) in [5, 5.41) is 0. The van der Waals surface area contributed by atoms with Crippen LogP contribution in [0, 0.1) is 0 Å². The lowest BCUT2D eigenvalue weighted by atomic mass is 10.2. The van der Waals surface area contributed by atoms with E-state index in [0.29, 0.717) is 12.5 Å². The Labute approximate surface area is 152 Å². The number of benzene rings is 2. The van der Waals surface area contributed by atoms with E-state index in [-0.39, 0.29) is 5.70 Å². The van der Waals surface area contributed by atoms with E-state index in [1.54, 1.807) is 13.2 Å². The molecule has 0 atom stereocenters. The summed E-state index contributed by atoms with van der Waals surface area (Å²) in [6.07, 6.45) is 3.80. The maximum Gasteiger partial charge on any atom is 0.363 e. The minimum atomic E-state index is -0.459. The van der Waals surface area contributed by atoms with E-state index in [4.69, 9.17) is 14.2 Å². The van der Waals surface area contributed by atoms with Gasteiger partial charge >= 0.3 is 5.97 Å². The molecule has 0 unspecified atom stereocenters. The lowest BCUT2D eigenvalue weighted by molar-refractivity contribution is -0.129. The first-order valence-electron chi connectivity index (χ1n) is 8.59. The van der Waals surface area contributed by atoms with Crippen LogP contribution >= 0.6 is 0 Å². The van der Waals surface area contributed by atoms with Gasteiger partial charge in [-0.05, 0) is 54.5 Å². The molecule has 0 fully saturated rings. The van der Waals surface area contributed by atoms with Crippen LogP contribution in [0.15, 0.2) is 59.2 Å². The van der Waals surface area contributed by atoms with E-state index < -0.39 is 5.97 Å². The Balaban J connectivity index is 1.73. The number of unbranched alkanes of at least 4 members (excludes halogenated alkanes) is 1. The molecule has 2 aromatic rings. The third-order valence-electron chi connectivity index (χ3n) is 3.91. The van der Waals surface area contributed by atoms with E-state index in [0.717, 1.165) is 35.5 Å². The molecule has 2 aromatic carbocycles. The van der Waals surface area contributed by atoms with Crippen molar-refractivity contribution in [3.05, 3.63) is 65.4 Å². The van der Waals surface area contributed by atoms with E-state index in [1.807, 2.05) is 48.5 Å². The number of hydrogen-bond donors (Lipinski definition) is 0. The zero-order valence-electron chi connectivity index (χ0n) is 14.9. The van der Waals surface area contributed by atoms with Crippen molar-refractivity contribution in [1.82, 2.24) is 0 Å². The SMILES string of the molecule is CCCCOc1ccc(C2=N/C(=C/c3ccc(OC)cc3)C(=O)O2)cc1. The van der Waals surface area contributed by atoms with Crippen LogP contribution in [0.2, 0.25) is 0 Å². The minimum Gasteiger partial charge on any atom is -0.497 e. The monoisotopic (exact) mass is 351 g/mol. The van der Waals surface area contributed by atoms with Crippen LogP contribution in [-0.4, -0.2) is 25.6 Å². The topological polar surface area (TPSA) is 57.1 Å². The molecule has 0 bridgehead atoms. The van der Waals surface area contributed by atoms with Crippen LogP contribution in [0.25, 0.3) is 6.08 Å². The Hall–Kier alpha value is -3.08. The predicted molar refractivity (Wildman–Crippen MR) is 100 cm³/mol. The van der Waals surface area contributed by atoms with Crippen LogP contribution in [0.5, 0.6) is 11.5 Å². The molecule has 0 radical (unpaired) electrons. The highest BCUT2D eigenvalue weighted by atomic mass is 16.6. The molecule has 0 N–H and O–H groups in total. The van der Waals surface area contributed by atoms with Gasteiger partial charge in [0.05, 0.1) is 13.7 Å². The molecule has 1 aliphatic heterocycles. The molecule has 5 nitrogen and oxygen atoms in total. The molecule has 0 amide bonds. The Kier molecular flexibility index (Phi) is 5.69. The number of carbonyl (C=O) groups excluding carboxylic acids is 1. The van der Waals surface area contributed by atoms with Crippen molar-refractivity contribution < 1.29 is 19.0 Å². The van der Waals surface area contributed by atoms with E-state index in [1.165, 1.54) is 0 Å². The molecule has 0 saturated heterocycles. The maximum absolute atomic E-state index is 12.1. The van der Waals surface area contributed by atoms with Gasteiger partial charge in [0.15, 0.2) is 5.70 Å². The van der Waals surface area contributed by atoms with Gasteiger partial charge < -0.3 is 14.2 Å². The second-order valence-electron chi connectivity index (χ2n) is 5.84. The van der Waals surface area contributed by atoms with E-state index in [2.05, 4.69) is 11.9 Å². The molecule has 5 heteroatoms. The Morgan fingerprint density at radius 1 is 1.04 bits per heavy atom. The first kappa shape index (κ1) is 17.7. The van der Waals surface area contributed by atoms with Gasteiger partial charge in [0, 0.05) is 5.56 Å². The highest BCUT2D eigenvalue weighted by Crippen LogP contribution is 2.22. The number of carbonyl (C=O) groups is 1. The number of nitrogens with zero attached hydrogens (tertiary/aromatic N) is 1. The second kappa shape index (κ2) is 8.34. The Bertz CT molecular complexity index is 820. The van der Waals surface area contributed by atoms with Crippen molar-refractivity contribution in [3.8, 4) is 11.5 Å². The summed E-state index contributed by atoms with van der Waals surface area (Å²) in [6.45, 7) is 2.82. The van der Waals surface area contributed by atoms with Crippen LogP contribution in [0.1, 0.15) is 30.9 Å². The average molecular weight is 351 g/mol. The average Bonchev–Trinajstić information content (AvgIpc) is 3.03. The number of rotatable bonds is 7. The molecular weight excluding hydrogens is 330 g/mol. The van der Waals surface area contributed by atoms with Crippen molar-refractivity contribution in [2.24, 2.45) is 4.99 Å². The largest absolute Gasteiger partial charge is 0.497 e.